The lowest BCUT2D eigenvalue weighted by Crippen LogP contribution is -2.27. The highest BCUT2D eigenvalue weighted by atomic mass is 32.2. The second-order valence-electron chi connectivity index (χ2n) is 6.88. The molecule has 1 aliphatic heterocycles. The molecule has 0 bridgehead atoms. The Labute approximate surface area is 184 Å². The summed E-state index contributed by atoms with van der Waals surface area (Å²) in [5.41, 5.74) is 2.93. The summed E-state index contributed by atoms with van der Waals surface area (Å²) in [6.45, 7) is 0.519. The minimum Gasteiger partial charge on any atom is -0.489 e. The van der Waals surface area contributed by atoms with Gasteiger partial charge in [0.25, 0.3) is 11.1 Å². The number of hydrogen-bond acceptors (Lipinski definition) is 5. The molecule has 3 aromatic rings. The van der Waals surface area contributed by atoms with E-state index in [0.29, 0.717) is 28.4 Å². The summed E-state index contributed by atoms with van der Waals surface area (Å²) < 4.78 is 5.84. The van der Waals surface area contributed by atoms with E-state index in [9.17, 15) is 14.9 Å². The van der Waals surface area contributed by atoms with Crippen molar-refractivity contribution in [1.29, 1.82) is 5.26 Å². The third-order valence-corrected chi connectivity index (χ3v) is 5.65. The Kier molecular flexibility index (Phi) is 6.16. The standard InChI is InChI=1S/C25H18N2O3S/c26-15-20-10-4-5-11-21(20)16-27-24(28)23(31-25(27)29)14-19-9-6-12-22(13-19)30-17-18-7-2-1-3-8-18/h1-14H,16-17H2/b23-14+. The van der Waals surface area contributed by atoms with Gasteiger partial charge >= 0.3 is 0 Å². The Morgan fingerprint density at radius 2 is 1.74 bits per heavy atom. The molecule has 1 fully saturated rings. The first kappa shape index (κ1) is 20.5. The molecule has 152 valence electrons. The molecule has 5 nitrogen and oxygen atoms in total. The van der Waals surface area contributed by atoms with Crippen molar-refractivity contribution in [2.45, 2.75) is 13.2 Å². The Morgan fingerprint density at radius 1 is 0.968 bits per heavy atom. The van der Waals surface area contributed by atoms with Crippen LogP contribution in [0.15, 0.2) is 83.8 Å². The number of hydrogen-bond donors (Lipinski definition) is 0. The number of nitrogens with zero attached hydrogens (tertiary/aromatic N) is 2. The Balaban J connectivity index is 1.48. The molecule has 4 rings (SSSR count). The number of benzene rings is 3. The highest BCUT2D eigenvalue weighted by molar-refractivity contribution is 8.18. The highest BCUT2D eigenvalue weighted by Crippen LogP contribution is 2.34. The van der Waals surface area contributed by atoms with Gasteiger partial charge < -0.3 is 4.74 Å². The van der Waals surface area contributed by atoms with E-state index >= 15 is 0 Å². The third-order valence-electron chi connectivity index (χ3n) is 4.74. The molecule has 0 atom stereocenters. The molecule has 0 spiro atoms. The van der Waals surface area contributed by atoms with Crippen molar-refractivity contribution in [2.75, 3.05) is 0 Å². The zero-order chi connectivity index (χ0) is 21.6. The fourth-order valence-electron chi connectivity index (χ4n) is 3.16. The van der Waals surface area contributed by atoms with Gasteiger partial charge in [-0.25, -0.2) is 0 Å². The number of nitriles is 1. The van der Waals surface area contributed by atoms with Gasteiger partial charge in [-0.15, -0.1) is 0 Å². The normalized spacial score (nSPS) is 14.7. The Morgan fingerprint density at radius 3 is 2.55 bits per heavy atom. The first-order chi connectivity index (χ1) is 15.1. The SMILES string of the molecule is N#Cc1ccccc1CN1C(=O)S/C(=C/c2cccc(OCc3ccccc3)c2)C1=O. The summed E-state index contributed by atoms with van der Waals surface area (Å²) in [5.74, 6) is 0.318. The zero-order valence-corrected chi connectivity index (χ0v) is 17.3. The molecule has 1 aliphatic rings. The van der Waals surface area contributed by atoms with Crippen LogP contribution in [-0.2, 0) is 17.9 Å². The molecule has 0 aromatic heterocycles. The highest BCUT2D eigenvalue weighted by Gasteiger charge is 2.35. The number of amides is 2. The van der Waals surface area contributed by atoms with Crippen LogP contribution in [-0.4, -0.2) is 16.0 Å². The summed E-state index contributed by atoms with van der Waals surface area (Å²) in [6.07, 6.45) is 1.69. The smallest absolute Gasteiger partial charge is 0.293 e. The molecule has 0 saturated carbocycles. The minimum atomic E-state index is -0.363. The van der Waals surface area contributed by atoms with Crippen molar-refractivity contribution in [2.24, 2.45) is 0 Å². The molecule has 1 saturated heterocycles. The minimum absolute atomic E-state index is 0.0754. The second kappa shape index (κ2) is 9.33. The van der Waals surface area contributed by atoms with Gasteiger partial charge in [0, 0.05) is 0 Å². The van der Waals surface area contributed by atoms with Gasteiger partial charge in [-0.3, -0.25) is 14.5 Å². The van der Waals surface area contributed by atoms with E-state index in [4.69, 9.17) is 4.74 Å². The Bertz CT molecular complexity index is 1200. The van der Waals surface area contributed by atoms with Gasteiger partial charge in [0.2, 0.25) is 0 Å². The zero-order valence-electron chi connectivity index (χ0n) is 16.5. The maximum absolute atomic E-state index is 12.8. The number of imide groups is 1. The number of carbonyl (C=O) groups excluding carboxylic acids is 2. The van der Waals surface area contributed by atoms with Crippen molar-refractivity contribution in [3.63, 3.8) is 0 Å². The van der Waals surface area contributed by atoms with Gasteiger partial charge in [0.05, 0.1) is 23.1 Å². The Hall–Kier alpha value is -3.82. The van der Waals surface area contributed by atoms with Crippen molar-refractivity contribution in [3.8, 4) is 11.8 Å². The van der Waals surface area contributed by atoms with Gasteiger partial charge in [-0.05, 0) is 52.7 Å². The molecule has 1 heterocycles. The third kappa shape index (κ3) is 4.85. The van der Waals surface area contributed by atoms with E-state index in [1.165, 1.54) is 4.90 Å². The summed E-state index contributed by atoms with van der Waals surface area (Å²) >= 11 is 0.900. The van der Waals surface area contributed by atoms with Crippen LogP contribution in [0.2, 0.25) is 0 Å². The molecular formula is C25H18N2O3S. The molecular weight excluding hydrogens is 408 g/mol. The second-order valence-corrected chi connectivity index (χ2v) is 7.88. The lowest BCUT2D eigenvalue weighted by molar-refractivity contribution is -0.123. The van der Waals surface area contributed by atoms with E-state index in [-0.39, 0.29) is 17.7 Å². The quantitative estimate of drug-likeness (QED) is 0.495. The van der Waals surface area contributed by atoms with E-state index < -0.39 is 0 Å². The van der Waals surface area contributed by atoms with Crippen molar-refractivity contribution >= 4 is 29.0 Å². The lowest BCUT2D eigenvalue weighted by atomic mass is 10.1. The molecule has 31 heavy (non-hydrogen) atoms. The maximum atomic E-state index is 12.8. The number of thioether (sulfide) groups is 1. The van der Waals surface area contributed by atoms with Crippen molar-refractivity contribution in [3.05, 3.63) is 106 Å². The van der Waals surface area contributed by atoms with Crippen molar-refractivity contribution in [1.82, 2.24) is 4.90 Å². The number of ether oxygens (including phenoxy) is 1. The van der Waals surface area contributed by atoms with E-state index in [2.05, 4.69) is 6.07 Å². The molecule has 6 heteroatoms. The molecule has 0 N–H and O–H groups in total. The van der Waals surface area contributed by atoms with Crippen LogP contribution in [0.5, 0.6) is 5.75 Å². The van der Waals surface area contributed by atoms with Crippen LogP contribution < -0.4 is 4.74 Å². The fraction of sp³-hybridized carbons (Fsp3) is 0.0800. The van der Waals surface area contributed by atoms with Gasteiger partial charge in [0.15, 0.2) is 0 Å². The van der Waals surface area contributed by atoms with Gasteiger partial charge in [-0.2, -0.15) is 5.26 Å². The summed E-state index contributed by atoms with van der Waals surface area (Å²) in [7, 11) is 0. The van der Waals surface area contributed by atoms with Crippen LogP contribution in [0.3, 0.4) is 0 Å². The van der Waals surface area contributed by atoms with Gasteiger partial charge in [0.1, 0.15) is 12.4 Å². The summed E-state index contributed by atoms with van der Waals surface area (Å²) in [6, 6.07) is 26.3. The van der Waals surface area contributed by atoms with E-state index in [1.807, 2.05) is 54.6 Å². The fourth-order valence-corrected chi connectivity index (χ4v) is 4.00. The molecule has 0 radical (unpaired) electrons. The summed E-state index contributed by atoms with van der Waals surface area (Å²) in [4.78, 5) is 26.8. The maximum Gasteiger partial charge on any atom is 0.293 e. The van der Waals surface area contributed by atoms with Crippen LogP contribution in [0.1, 0.15) is 22.3 Å². The topological polar surface area (TPSA) is 70.4 Å². The molecule has 2 amide bonds. The van der Waals surface area contributed by atoms with Crippen LogP contribution in [0.4, 0.5) is 4.79 Å². The largest absolute Gasteiger partial charge is 0.489 e. The van der Waals surface area contributed by atoms with Crippen LogP contribution >= 0.6 is 11.8 Å². The van der Waals surface area contributed by atoms with Gasteiger partial charge in [-0.1, -0.05) is 60.7 Å². The summed E-state index contributed by atoms with van der Waals surface area (Å²) in [5, 5.41) is 8.90. The lowest BCUT2D eigenvalue weighted by Gasteiger charge is -2.13. The van der Waals surface area contributed by atoms with Crippen LogP contribution in [0.25, 0.3) is 6.08 Å². The predicted molar refractivity (Wildman–Crippen MR) is 120 cm³/mol. The average molecular weight is 426 g/mol. The molecule has 0 aliphatic carbocycles. The van der Waals surface area contributed by atoms with Crippen molar-refractivity contribution < 1.29 is 14.3 Å². The number of rotatable bonds is 6. The van der Waals surface area contributed by atoms with E-state index in [0.717, 1.165) is 22.9 Å². The first-order valence-corrected chi connectivity index (χ1v) is 10.5. The molecule has 0 unspecified atom stereocenters. The van der Waals surface area contributed by atoms with Crippen LogP contribution in [0, 0.1) is 11.3 Å². The average Bonchev–Trinajstić information content (AvgIpc) is 3.06. The number of carbonyl (C=O) groups is 2. The van der Waals surface area contributed by atoms with E-state index in [1.54, 1.807) is 30.3 Å². The molecule has 3 aromatic carbocycles. The first-order valence-electron chi connectivity index (χ1n) is 9.64. The predicted octanol–water partition coefficient (Wildman–Crippen LogP) is 5.37. The monoisotopic (exact) mass is 426 g/mol.